The quantitative estimate of drug-likeness (QED) is 0.872. The lowest BCUT2D eigenvalue weighted by Gasteiger charge is -2.33. The summed E-state index contributed by atoms with van der Waals surface area (Å²) in [6.07, 6.45) is 1.53. The van der Waals surface area contributed by atoms with Crippen LogP contribution >= 0.6 is 0 Å². The van der Waals surface area contributed by atoms with Crippen LogP contribution in [-0.2, 0) is 10.0 Å². The zero-order chi connectivity index (χ0) is 14.6. The Morgan fingerprint density at radius 3 is 2.55 bits per heavy atom. The molecule has 0 spiro atoms. The minimum Gasteiger partial charge on any atom is -0.370 e. The van der Waals surface area contributed by atoms with Gasteiger partial charge in [0.25, 0.3) is 0 Å². The maximum Gasteiger partial charge on any atom is 0.243 e. The van der Waals surface area contributed by atoms with Crippen molar-refractivity contribution in [1.29, 1.82) is 0 Å². The van der Waals surface area contributed by atoms with E-state index in [0.717, 1.165) is 19.6 Å². The predicted molar refractivity (Wildman–Crippen MR) is 79.3 cm³/mol. The Labute approximate surface area is 120 Å². The van der Waals surface area contributed by atoms with Crippen LogP contribution in [0.1, 0.15) is 13.8 Å². The van der Waals surface area contributed by atoms with Gasteiger partial charge in [0, 0.05) is 45.0 Å². The van der Waals surface area contributed by atoms with E-state index in [2.05, 4.69) is 22.1 Å². The monoisotopic (exact) mass is 298 g/mol. The fraction of sp³-hybridized carbons (Fsp3) is 0.615. The summed E-state index contributed by atoms with van der Waals surface area (Å²) in [5.74, 6) is 0.598. The lowest BCUT2D eigenvalue weighted by Crippen LogP contribution is -2.48. The summed E-state index contributed by atoms with van der Waals surface area (Å²) in [5, 5.41) is 3.04. The van der Waals surface area contributed by atoms with E-state index < -0.39 is 10.0 Å². The Hall–Kier alpha value is -1.18. The van der Waals surface area contributed by atoms with Crippen molar-refractivity contribution in [2.24, 2.45) is 0 Å². The number of anilines is 1. The maximum atomic E-state index is 12.6. The second-order valence-electron chi connectivity index (χ2n) is 4.75. The molecule has 1 saturated heterocycles. The van der Waals surface area contributed by atoms with Crippen LogP contribution in [0.2, 0.25) is 0 Å². The molecular formula is C13H22N4O2S. The molecule has 0 bridgehead atoms. The average Bonchev–Trinajstić information content (AvgIpc) is 2.48. The van der Waals surface area contributed by atoms with Gasteiger partial charge in [0.2, 0.25) is 10.0 Å². The molecule has 20 heavy (non-hydrogen) atoms. The van der Waals surface area contributed by atoms with Crippen LogP contribution < -0.4 is 5.32 Å². The minimum absolute atomic E-state index is 0.313. The highest BCUT2D eigenvalue weighted by molar-refractivity contribution is 7.89. The third kappa shape index (κ3) is 3.28. The number of nitrogens with one attached hydrogen (secondary N) is 1. The van der Waals surface area contributed by atoms with Crippen LogP contribution in [0.3, 0.4) is 0 Å². The van der Waals surface area contributed by atoms with Crippen LogP contribution in [0.25, 0.3) is 0 Å². The van der Waals surface area contributed by atoms with E-state index in [1.54, 1.807) is 16.4 Å². The number of hydrogen-bond acceptors (Lipinski definition) is 5. The standard InChI is InChI=1S/C13H22N4O2S/c1-3-14-13-11-12(5-6-15-13)20(18,19)17-9-7-16(4-2)8-10-17/h5-6,11H,3-4,7-10H2,1-2H3,(H,14,15). The number of rotatable bonds is 5. The molecule has 1 aliphatic rings. The summed E-state index contributed by atoms with van der Waals surface area (Å²) in [4.78, 5) is 6.68. The molecular weight excluding hydrogens is 276 g/mol. The molecule has 1 aliphatic heterocycles. The largest absolute Gasteiger partial charge is 0.370 e. The van der Waals surface area contributed by atoms with E-state index in [9.17, 15) is 8.42 Å². The molecule has 7 heteroatoms. The van der Waals surface area contributed by atoms with Gasteiger partial charge in [-0.1, -0.05) is 6.92 Å². The van der Waals surface area contributed by atoms with Gasteiger partial charge in [-0.3, -0.25) is 0 Å². The molecule has 0 atom stereocenters. The van der Waals surface area contributed by atoms with Crippen molar-refractivity contribution in [1.82, 2.24) is 14.2 Å². The van der Waals surface area contributed by atoms with Gasteiger partial charge in [0.1, 0.15) is 5.82 Å². The van der Waals surface area contributed by atoms with Crippen LogP contribution in [-0.4, -0.2) is 61.9 Å². The Morgan fingerprint density at radius 2 is 1.95 bits per heavy atom. The van der Waals surface area contributed by atoms with Crippen molar-refractivity contribution in [3.63, 3.8) is 0 Å². The summed E-state index contributed by atoms with van der Waals surface area (Å²) in [6, 6.07) is 3.16. The minimum atomic E-state index is -3.41. The van der Waals surface area contributed by atoms with E-state index in [4.69, 9.17) is 0 Å². The SMILES string of the molecule is CCNc1cc(S(=O)(=O)N2CCN(CC)CC2)ccn1. The first-order valence-electron chi connectivity index (χ1n) is 7.00. The summed E-state index contributed by atoms with van der Waals surface area (Å²) in [6.45, 7) is 8.41. The second-order valence-corrected chi connectivity index (χ2v) is 6.68. The molecule has 2 heterocycles. The Kier molecular flexibility index (Phi) is 4.95. The average molecular weight is 298 g/mol. The molecule has 0 unspecified atom stereocenters. The van der Waals surface area contributed by atoms with E-state index >= 15 is 0 Å². The molecule has 6 nitrogen and oxygen atoms in total. The first-order chi connectivity index (χ1) is 9.57. The highest BCUT2D eigenvalue weighted by Gasteiger charge is 2.28. The van der Waals surface area contributed by atoms with Crippen LogP contribution in [0.15, 0.2) is 23.2 Å². The molecule has 2 rings (SSSR count). The molecule has 112 valence electrons. The molecule has 0 amide bonds. The van der Waals surface area contributed by atoms with Gasteiger partial charge in [-0.15, -0.1) is 0 Å². The summed E-state index contributed by atoms with van der Waals surface area (Å²) < 4.78 is 26.7. The van der Waals surface area contributed by atoms with Crippen molar-refractivity contribution < 1.29 is 8.42 Å². The smallest absolute Gasteiger partial charge is 0.243 e. The Bertz CT molecular complexity index is 539. The highest BCUT2D eigenvalue weighted by Crippen LogP contribution is 2.19. The highest BCUT2D eigenvalue weighted by atomic mass is 32.2. The fourth-order valence-corrected chi connectivity index (χ4v) is 3.72. The normalized spacial score (nSPS) is 18.1. The number of piperazine rings is 1. The molecule has 1 aromatic heterocycles. The topological polar surface area (TPSA) is 65.5 Å². The zero-order valence-corrected chi connectivity index (χ0v) is 12.9. The predicted octanol–water partition coefficient (Wildman–Crippen LogP) is 0.840. The second kappa shape index (κ2) is 6.51. The van der Waals surface area contributed by atoms with Crippen LogP contribution in [0.4, 0.5) is 5.82 Å². The molecule has 1 aromatic rings. The van der Waals surface area contributed by atoms with Gasteiger partial charge in [-0.25, -0.2) is 13.4 Å². The molecule has 0 aliphatic carbocycles. The fourth-order valence-electron chi connectivity index (χ4n) is 2.28. The first-order valence-corrected chi connectivity index (χ1v) is 8.44. The number of likely N-dealkylation sites (N-methyl/N-ethyl adjacent to an activating group) is 1. The number of nitrogens with zero attached hydrogens (tertiary/aromatic N) is 3. The van der Waals surface area contributed by atoms with Gasteiger partial charge < -0.3 is 10.2 Å². The number of sulfonamides is 1. The maximum absolute atomic E-state index is 12.6. The molecule has 1 N–H and O–H groups in total. The van der Waals surface area contributed by atoms with Crippen molar-refractivity contribution in [2.45, 2.75) is 18.7 Å². The molecule has 1 fully saturated rings. The molecule has 0 aromatic carbocycles. The molecule has 0 saturated carbocycles. The lowest BCUT2D eigenvalue weighted by molar-refractivity contribution is 0.196. The van der Waals surface area contributed by atoms with E-state index in [1.165, 1.54) is 6.20 Å². The zero-order valence-electron chi connectivity index (χ0n) is 12.0. The third-order valence-electron chi connectivity index (χ3n) is 3.51. The van der Waals surface area contributed by atoms with E-state index in [1.807, 2.05) is 6.92 Å². The Balaban J connectivity index is 2.16. The van der Waals surface area contributed by atoms with Crippen LogP contribution in [0, 0.1) is 0 Å². The van der Waals surface area contributed by atoms with Crippen molar-refractivity contribution >= 4 is 15.8 Å². The summed E-state index contributed by atoms with van der Waals surface area (Å²) >= 11 is 0. The lowest BCUT2D eigenvalue weighted by atomic mass is 10.4. The van der Waals surface area contributed by atoms with Crippen LogP contribution in [0.5, 0.6) is 0 Å². The van der Waals surface area contributed by atoms with E-state index in [-0.39, 0.29) is 0 Å². The van der Waals surface area contributed by atoms with Gasteiger partial charge in [-0.2, -0.15) is 4.31 Å². The van der Waals surface area contributed by atoms with Gasteiger partial charge >= 0.3 is 0 Å². The van der Waals surface area contributed by atoms with E-state index in [0.29, 0.717) is 30.3 Å². The number of aromatic nitrogens is 1. The summed E-state index contributed by atoms with van der Waals surface area (Å²) in [7, 11) is -3.41. The molecule has 0 radical (unpaired) electrons. The summed E-state index contributed by atoms with van der Waals surface area (Å²) in [5.41, 5.74) is 0. The van der Waals surface area contributed by atoms with Gasteiger partial charge in [0.05, 0.1) is 4.90 Å². The van der Waals surface area contributed by atoms with Crippen molar-refractivity contribution in [3.8, 4) is 0 Å². The first kappa shape index (κ1) is 15.2. The number of hydrogen-bond donors (Lipinski definition) is 1. The van der Waals surface area contributed by atoms with Gasteiger partial charge in [-0.05, 0) is 19.5 Å². The Morgan fingerprint density at radius 1 is 1.25 bits per heavy atom. The number of pyridine rings is 1. The van der Waals surface area contributed by atoms with Crippen molar-refractivity contribution in [3.05, 3.63) is 18.3 Å². The van der Waals surface area contributed by atoms with Crippen molar-refractivity contribution in [2.75, 3.05) is 44.6 Å². The van der Waals surface area contributed by atoms with Gasteiger partial charge in [0.15, 0.2) is 0 Å². The third-order valence-corrected chi connectivity index (χ3v) is 5.40.